The van der Waals surface area contributed by atoms with Gasteiger partial charge < -0.3 is 10.2 Å². The van der Waals surface area contributed by atoms with E-state index >= 15 is 0 Å². The zero-order valence-corrected chi connectivity index (χ0v) is 16.8. The van der Waals surface area contributed by atoms with Gasteiger partial charge in [0.1, 0.15) is 12.1 Å². The van der Waals surface area contributed by atoms with Crippen LogP contribution >= 0.6 is 0 Å². The van der Waals surface area contributed by atoms with Crippen LogP contribution in [0.2, 0.25) is 0 Å². The SMILES string of the molecule is Cc1ccc(CN(C)C(=O)CN2C(=O)NC3(CCCc4ccccc43)C2=O)cc1. The summed E-state index contributed by atoms with van der Waals surface area (Å²) >= 11 is 0. The van der Waals surface area contributed by atoms with Crippen LogP contribution in [-0.2, 0) is 28.1 Å². The van der Waals surface area contributed by atoms with Gasteiger partial charge in [0.25, 0.3) is 5.91 Å². The number of fused-ring (bicyclic) bond motifs is 2. The van der Waals surface area contributed by atoms with Crippen molar-refractivity contribution >= 4 is 17.8 Å². The fourth-order valence-corrected chi connectivity index (χ4v) is 4.27. The number of rotatable bonds is 4. The Bertz CT molecular complexity index is 970. The first-order valence-corrected chi connectivity index (χ1v) is 9.93. The van der Waals surface area contributed by atoms with Crippen molar-refractivity contribution in [2.45, 2.75) is 38.3 Å². The summed E-state index contributed by atoms with van der Waals surface area (Å²) < 4.78 is 0. The molecule has 1 fully saturated rings. The smallest absolute Gasteiger partial charge is 0.325 e. The van der Waals surface area contributed by atoms with E-state index in [9.17, 15) is 14.4 Å². The molecule has 150 valence electrons. The monoisotopic (exact) mass is 391 g/mol. The third-order valence-electron chi connectivity index (χ3n) is 5.91. The predicted octanol–water partition coefficient (Wildman–Crippen LogP) is 2.74. The molecule has 1 heterocycles. The molecule has 1 unspecified atom stereocenters. The molecule has 2 aliphatic rings. The van der Waals surface area contributed by atoms with Crippen molar-refractivity contribution in [1.29, 1.82) is 0 Å². The molecule has 1 N–H and O–H groups in total. The lowest BCUT2D eigenvalue weighted by Crippen LogP contribution is -2.47. The molecule has 4 rings (SSSR count). The maximum atomic E-state index is 13.3. The quantitative estimate of drug-likeness (QED) is 0.815. The van der Waals surface area contributed by atoms with E-state index in [4.69, 9.17) is 0 Å². The highest BCUT2D eigenvalue weighted by atomic mass is 16.2. The van der Waals surface area contributed by atoms with Crippen LogP contribution in [0.5, 0.6) is 0 Å². The largest absolute Gasteiger partial charge is 0.340 e. The highest BCUT2D eigenvalue weighted by Gasteiger charge is 2.54. The Morgan fingerprint density at radius 3 is 2.62 bits per heavy atom. The maximum absolute atomic E-state index is 13.3. The molecule has 0 bridgehead atoms. The van der Waals surface area contributed by atoms with E-state index < -0.39 is 11.6 Å². The summed E-state index contributed by atoms with van der Waals surface area (Å²) in [5.74, 6) is -0.595. The number of benzene rings is 2. The Morgan fingerprint density at radius 2 is 1.86 bits per heavy atom. The minimum Gasteiger partial charge on any atom is -0.340 e. The topological polar surface area (TPSA) is 69.7 Å². The maximum Gasteiger partial charge on any atom is 0.325 e. The standard InChI is InChI=1S/C23H25N3O3/c1-16-9-11-17(12-10-16)14-25(2)20(27)15-26-21(28)23(24-22(26)29)13-5-7-18-6-3-4-8-19(18)23/h3-4,6,8-12H,5,7,13-15H2,1-2H3,(H,24,29). The van der Waals surface area contributed by atoms with Crippen molar-refractivity contribution in [3.8, 4) is 0 Å². The van der Waals surface area contributed by atoms with E-state index in [1.165, 1.54) is 0 Å². The Kier molecular flexibility index (Phi) is 4.86. The lowest BCUT2D eigenvalue weighted by Gasteiger charge is -2.33. The van der Waals surface area contributed by atoms with Gasteiger partial charge in [0.2, 0.25) is 5.91 Å². The second kappa shape index (κ2) is 7.35. The van der Waals surface area contributed by atoms with Gasteiger partial charge in [-0.15, -0.1) is 0 Å². The Balaban J connectivity index is 1.50. The van der Waals surface area contributed by atoms with Crippen molar-refractivity contribution in [2.75, 3.05) is 13.6 Å². The van der Waals surface area contributed by atoms with Gasteiger partial charge in [-0.25, -0.2) is 4.79 Å². The highest BCUT2D eigenvalue weighted by Crippen LogP contribution is 2.39. The number of aryl methyl sites for hydroxylation is 2. The summed E-state index contributed by atoms with van der Waals surface area (Å²) in [7, 11) is 1.69. The third kappa shape index (κ3) is 3.39. The number of hydrogen-bond donors (Lipinski definition) is 1. The van der Waals surface area contributed by atoms with Gasteiger partial charge in [0, 0.05) is 13.6 Å². The van der Waals surface area contributed by atoms with Gasteiger partial charge in [-0.3, -0.25) is 14.5 Å². The van der Waals surface area contributed by atoms with Crippen molar-refractivity contribution in [1.82, 2.24) is 15.1 Å². The van der Waals surface area contributed by atoms with E-state index in [1.54, 1.807) is 11.9 Å². The first-order valence-electron chi connectivity index (χ1n) is 9.93. The predicted molar refractivity (Wildman–Crippen MR) is 109 cm³/mol. The van der Waals surface area contributed by atoms with E-state index in [2.05, 4.69) is 5.32 Å². The molecule has 6 nitrogen and oxygen atoms in total. The summed E-state index contributed by atoms with van der Waals surface area (Å²) in [4.78, 5) is 41.3. The minimum absolute atomic E-state index is 0.253. The number of amides is 4. The Morgan fingerprint density at radius 1 is 1.14 bits per heavy atom. The zero-order chi connectivity index (χ0) is 20.6. The molecule has 1 aliphatic heterocycles. The Labute approximate surface area is 170 Å². The molecule has 2 aromatic carbocycles. The van der Waals surface area contributed by atoms with Gasteiger partial charge in [0.15, 0.2) is 0 Å². The number of hydrogen-bond acceptors (Lipinski definition) is 3. The van der Waals surface area contributed by atoms with Gasteiger partial charge in [0.05, 0.1) is 0 Å². The molecule has 0 aromatic heterocycles. The summed E-state index contributed by atoms with van der Waals surface area (Å²) in [5, 5.41) is 2.89. The highest BCUT2D eigenvalue weighted by molar-refractivity contribution is 6.09. The van der Waals surface area contributed by atoms with E-state index in [0.717, 1.165) is 40.0 Å². The molecule has 0 saturated carbocycles. The summed E-state index contributed by atoms with van der Waals surface area (Å²) in [6.45, 7) is 2.18. The lowest BCUT2D eigenvalue weighted by molar-refractivity contribution is -0.139. The number of likely N-dealkylation sites (N-methyl/N-ethyl adjacent to an activating group) is 1. The molecular weight excluding hydrogens is 366 g/mol. The fourth-order valence-electron chi connectivity index (χ4n) is 4.27. The molecule has 29 heavy (non-hydrogen) atoms. The fraction of sp³-hybridized carbons (Fsp3) is 0.348. The normalized spacial score (nSPS) is 20.6. The van der Waals surface area contributed by atoms with E-state index in [-0.39, 0.29) is 18.4 Å². The molecule has 1 spiro atoms. The van der Waals surface area contributed by atoms with E-state index in [1.807, 2.05) is 55.5 Å². The second-order valence-electron chi connectivity index (χ2n) is 7.97. The molecule has 0 radical (unpaired) electrons. The van der Waals surface area contributed by atoms with Gasteiger partial charge in [-0.2, -0.15) is 0 Å². The van der Waals surface area contributed by atoms with Crippen LogP contribution in [0.4, 0.5) is 4.79 Å². The second-order valence-corrected chi connectivity index (χ2v) is 7.97. The number of carbonyl (C=O) groups excluding carboxylic acids is 3. The first-order chi connectivity index (χ1) is 13.9. The average Bonchev–Trinajstić information content (AvgIpc) is 2.94. The third-order valence-corrected chi connectivity index (χ3v) is 5.91. The molecule has 1 aliphatic carbocycles. The summed E-state index contributed by atoms with van der Waals surface area (Å²) in [6.07, 6.45) is 2.26. The molecule has 1 atom stereocenters. The molecule has 1 saturated heterocycles. The zero-order valence-electron chi connectivity index (χ0n) is 16.8. The van der Waals surface area contributed by atoms with Crippen molar-refractivity contribution in [2.24, 2.45) is 0 Å². The van der Waals surface area contributed by atoms with Crippen molar-refractivity contribution < 1.29 is 14.4 Å². The van der Waals surface area contributed by atoms with Gasteiger partial charge in [-0.1, -0.05) is 54.1 Å². The van der Waals surface area contributed by atoms with Crippen LogP contribution in [0.1, 0.15) is 35.1 Å². The van der Waals surface area contributed by atoms with Crippen LogP contribution in [-0.4, -0.2) is 41.2 Å². The lowest BCUT2D eigenvalue weighted by atomic mass is 9.76. The van der Waals surface area contributed by atoms with Crippen LogP contribution in [0, 0.1) is 6.92 Å². The van der Waals surface area contributed by atoms with Gasteiger partial charge in [-0.05, 0) is 42.9 Å². The first kappa shape index (κ1) is 19.2. The average molecular weight is 391 g/mol. The Hall–Kier alpha value is -3.15. The van der Waals surface area contributed by atoms with E-state index in [0.29, 0.717) is 13.0 Å². The van der Waals surface area contributed by atoms with Crippen LogP contribution in [0.25, 0.3) is 0 Å². The van der Waals surface area contributed by atoms with Gasteiger partial charge >= 0.3 is 6.03 Å². The number of carbonyl (C=O) groups is 3. The van der Waals surface area contributed by atoms with Crippen LogP contribution < -0.4 is 5.32 Å². The summed E-state index contributed by atoms with van der Waals surface area (Å²) in [5.41, 5.74) is 3.05. The number of nitrogens with one attached hydrogen (secondary N) is 1. The number of nitrogens with zero attached hydrogens (tertiary/aromatic N) is 2. The van der Waals surface area contributed by atoms with Crippen molar-refractivity contribution in [3.05, 3.63) is 70.8 Å². The molecule has 2 aromatic rings. The minimum atomic E-state index is -1.04. The molecular formula is C23H25N3O3. The summed E-state index contributed by atoms with van der Waals surface area (Å²) in [6, 6.07) is 15.2. The van der Waals surface area contributed by atoms with Crippen LogP contribution in [0.15, 0.2) is 48.5 Å². The number of imide groups is 1. The molecule has 4 amide bonds. The van der Waals surface area contributed by atoms with Crippen LogP contribution in [0.3, 0.4) is 0 Å². The van der Waals surface area contributed by atoms with Crippen molar-refractivity contribution in [3.63, 3.8) is 0 Å². The number of urea groups is 1. The molecule has 6 heteroatoms.